The van der Waals surface area contributed by atoms with Crippen molar-refractivity contribution >= 4 is 38.0 Å². The fraction of sp³-hybridized carbons (Fsp3) is 0. The third-order valence-electron chi connectivity index (χ3n) is 10.3. The van der Waals surface area contributed by atoms with Gasteiger partial charge in [0.25, 0.3) is 5.56 Å². The molecule has 0 atom stereocenters. The van der Waals surface area contributed by atoms with Gasteiger partial charge in [-0.3, -0.25) is 9.20 Å². The SMILES string of the molecule is O=c1c2cc(-c3ccccc3)ccc2c2cc(-c3cccc(-c4ccccc4)c3)cc3c4cc(-c5cccc(-c6ccccc6)c5)ccc4n1c23. The molecule has 0 aliphatic carbocycles. The minimum absolute atomic E-state index is 0.00734. The normalized spacial score (nSPS) is 11.6. The van der Waals surface area contributed by atoms with Gasteiger partial charge < -0.3 is 0 Å². The van der Waals surface area contributed by atoms with Crippen LogP contribution in [0.15, 0.2) is 193 Å². The van der Waals surface area contributed by atoms with Gasteiger partial charge in [-0.1, -0.05) is 146 Å². The Morgan fingerprint density at radius 1 is 0.275 bits per heavy atom. The molecule has 2 heteroatoms. The predicted octanol–water partition coefficient (Wildman–Crippen LogP) is 12.5. The van der Waals surface area contributed by atoms with E-state index in [9.17, 15) is 4.79 Å². The first-order valence-electron chi connectivity index (χ1n) is 17.4. The van der Waals surface area contributed by atoms with Crippen LogP contribution in [0.4, 0.5) is 0 Å². The second-order valence-corrected chi connectivity index (χ2v) is 13.3. The summed E-state index contributed by atoms with van der Waals surface area (Å²) in [6, 6.07) is 66.2. The molecule has 0 aliphatic heterocycles. The van der Waals surface area contributed by atoms with E-state index in [2.05, 4.69) is 164 Å². The van der Waals surface area contributed by atoms with Crippen LogP contribution in [-0.4, -0.2) is 4.40 Å². The van der Waals surface area contributed by atoms with Crippen LogP contribution >= 0.6 is 0 Å². The number of fused-ring (bicyclic) bond motifs is 5. The Hall–Kier alpha value is -6.77. The van der Waals surface area contributed by atoms with Crippen molar-refractivity contribution in [1.82, 2.24) is 4.40 Å². The zero-order valence-electron chi connectivity index (χ0n) is 27.8. The van der Waals surface area contributed by atoms with E-state index in [1.165, 1.54) is 22.3 Å². The van der Waals surface area contributed by atoms with E-state index in [0.717, 1.165) is 71.3 Å². The molecule has 0 unspecified atom stereocenters. The maximum atomic E-state index is 14.6. The van der Waals surface area contributed by atoms with E-state index < -0.39 is 0 Å². The number of rotatable bonds is 5. The Morgan fingerprint density at radius 3 is 1.24 bits per heavy atom. The Kier molecular flexibility index (Phi) is 6.68. The highest BCUT2D eigenvalue weighted by Gasteiger charge is 2.20. The van der Waals surface area contributed by atoms with Gasteiger partial charge in [-0.15, -0.1) is 0 Å². The van der Waals surface area contributed by atoms with E-state index >= 15 is 0 Å². The van der Waals surface area contributed by atoms with E-state index in [1.807, 2.05) is 28.7 Å². The van der Waals surface area contributed by atoms with Gasteiger partial charge in [-0.2, -0.15) is 0 Å². The van der Waals surface area contributed by atoms with Crippen LogP contribution in [0.1, 0.15) is 0 Å². The van der Waals surface area contributed by atoms with E-state index in [0.29, 0.717) is 0 Å². The smallest absolute Gasteiger partial charge is 0.263 e. The van der Waals surface area contributed by atoms with Crippen molar-refractivity contribution in [2.75, 3.05) is 0 Å². The number of benzene rings is 8. The van der Waals surface area contributed by atoms with E-state index in [-0.39, 0.29) is 5.56 Å². The van der Waals surface area contributed by atoms with Gasteiger partial charge >= 0.3 is 0 Å². The molecule has 2 aromatic heterocycles. The molecule has 0 saturated heterocycles. The third kappa shape index (κ3) is 4.84. The second kappa shape index (κ2) is 11.7. The van der Waals surface area contributed by atoms with Crippen LogP contribution in [0.3, 0.4) is 0 Å². The lowest BCUT2D eigenvalue weighted by Gasteiger charge is -2.12. The van der Waals surface area contributed by atoms with Crippen LogP contribution in [0.25, 0.3) is 93.6 Å². The number of hydrogen-bond donors (Lipinski definition) is 0. The maximum absolute atomic E-state index is 14.6. The highest BCUT2D eigenvalue weighted by atomic mass is 16.1. The zero-order chi connectivity index (χ0) is 33.9. The minimum Gasteiger partial charge on any atom is -0.275 e. The molecule has 0 saturated carbocycles. The topological polar surface area (TPSA) is 21.5 Å². The molecule has 2 nitrogen and oxygen atoms in total. The maximum Gasteiger partial charge on any atom is 0.263 e. The summed E-state index contributed by atoms with van der Waals surface area (Å²) in [4.78, 5) is 14.6. The van der Waals surface area contributed by atoms with Crippen LogP contribution < -0.4 is 5.56 Å². The average Bonchev–Trinajstić information content (AvgIpc) is 3.55. The summed E-state index contributed by atoms with van der Waals surface area (Å²) in [6.07, 6.45) is 0. The predicted molar refractivity (Wildman–Crippen MR) is 215 cm³/mol. The Bertz CT molecular complexity index is 2960. The molecule has 0 amide bonds. The first-order chi connectivity index (χ1) is 25.2. The highest BCUT2D eigenvalue weighted by Crippen LogP contribution is 2.41. The van der Waals surface area contributed by atoms with Crippen LogP contribution in [0.2, 0.25) is 0 Å². The van der Waals surface area contributed by atoms with Gasteiger partial charge in [0, 0.05) is 21.5 Å². The average molecular weight is 650 g/mol. The van der Waals surface area contributed by atoms with Gasteiger partial charge in [-0.05, 0) is 103 Å². The number of aromatic nitrogens is 1. The lowest BCUT2D eigenvalue weighted by atomic mass is 9.94. The Morgan fingerprint density at radius 2 is 0.667 bits per heavy atom. The molecular formula is C49H31NO. The Labute approximate surface area is 295 Å². The molecule has 10 aromatic rings. The zero-order valence-corrected chi connectivity index (χ0v) is 27.8. The molecule has 51 heavy (non-hydrogen) atoms. The van der Waals surface area contributed by atoms with Crippen molar-refractivity contribution in [3.05, 3.63) is 198 Å². The van der Waals surface area contributed by atoms with Crippen LogP contribution in [0.5, 0.6) is 0 Å². The van der Waals surface area contributed by atoms with Crippen molar-refractivity contribution in [2.24, 2.45) is 0 Å². The second-order valence-electron chi connectivity index (χ2n) is 13.3. The van der Waals surface area contributed by atoms with Gasteiger partial charge in [-0.25, -0.2) is 0 Å². The molecular weight excluding hydrogens is 619 g/mol. The van der Waals surface area contributed by atoms with Crippen molar-refractivity contribution in [3.8, 4) is 55.6 Å². The monoisotopic (exact) mass is 649 g/mol. The minimum atomic E-state index is 0.00734. The highest BCUT2D eigenvalue weighted by molar-refractivity contribution is 6.22. The molecule has 10 rings (SSSR count). The third-order valence-corrected chi connectivity index (χ3v) is 10.3. The summed E-state index contributed by atoms with van der Waals surface area (Å²) >= 11 is 0. The van der Waals surface area contributed by atoms with Crippen LogP contribution in [0, 0.1) is 0 Å². The molecule has 0 aliphatic rings. The number of nitrogens with zero attached hydrogens (tertiary/aromatic N) is 1. The first kappa shape index (κ1) is 29.2. The summed E-state index contributed by atoms with van der Waals surface area (Å²) in [5.41, 5.74) is 13.3. The van der Waals surface area contributed by atoms with Gasteiger partial charge in [0.15, 0.2) is 0 Å². The Balaban J connectivity index is 1.25. The molecule has 0 fully saturated rings. The fourth-order valence-corrected chi connectivity index (χ4v) is 7.81. The lowest BCUT2D eigenvalue weighted by molar-refractivity contribution is 1.21. The van der Waals surface area contributed by atoms with Crippen LogP contribution in [-0.2, 0) is 0 Å². The molecule has 2 heterocycles. The summed E-state index contributed by atoms with van der Waals surface area (Å²) in [5.74, 6) is 0. The number of pyridine rings is 1. The van der Waals surface area contributed by atoms with Crippen molar-refractivity contribution < 1.29 is 0 Å². The van der Waals surface area contributed by atoms with Gasteiger partial charge in [0.05, 0.1) is 11.0 Å². The lowest BCUT2D eigenvalue weighted by Crippen LogP contribution is -2.13. The van der Waals surface area contributed by atoms with Gasteiger partial charge in [0.1, 0.15) is 0 Å². The summed E-state index contributed by atoms with van der Waals surface area (Å²) < 4.78 is 1.95. The molecule has 0 spiro atoms. The van der Waals surface area contributed by atoms with E-state index in [1.54, 1.807) is 0 Å². The number of hydrogen-bond acceptors (Lipinski definition) is 1. The first-order valence-corrected chi connectivity index (χ1v) is 17.4. The molecule has 0 radical (unpaired) electrons. The quantitative estimate of drug-likeness (QED) is 0.170. The molecule has 238 valence electrons. The van der Waals surface area contributed by atoms with Crippen molar-refractivity contribution in [2.45, 2.75) is 0 Å². The van der Waals surface area contributed by atoms with Crippen molar-refractivity contribution in [1.29, 1.82) is 0 Å². The molecule has 0 N–H and O–H groups in total. The summed E-state index contributed by atoms with van der Waals surface area (Å²) in [7, 11) is 0. The summed E-state index contributed by atoms with van der Waals surface area (Å²) in [6.45, 7) is 0. The molecule has 0 bridgehead atoms. The molecule has 8 aromatic carbocycles. The summed E-state index contributed by atoms with van der Waals surface area (Å²) in [5, 5.41) is 4.91. The van der Waals surface area contributed by atoms with Crippen molar-refractivity contribution in [3.63, 3.8) is 0 Å². The largest absolute Gasteiger partial charge is 0.275 e. The standard InChI is InChI=1S/C49H31NO/c51-49-46-29-39(34-16-8-3-9-17-34)22-24-42(46)44-30-41(38-21-11-19-36(27-38)33-14-6-2-7-15-33)31-45-43-28-40(23-25-47(43)50(49)48(44)45)37-20-10-18-35(26-37)32-12-4-1-5-13-32/h1-31H. The van der Waals surface area contributed by atoms with E-state index in [4.69, 9.17) is 0 Å². The van der Waals surface area contributed by atoms with Gasteiger partial charge in [0.2, 0.25) is 0 Å². The fourth-order valence-electron chi connectivity index (χ4n) is 7.81.